The van der Waals surface area contributed by atoms with Crippen LogP contribution in [0.5, 0.6) is 11.5 Å². The summed E-state index contributed by atoms with van der Waals surface area (Å²) in [5.74, 6) is 1.16. The number of nitrogens with one attached hydrogen (secondary N) is 1. The number of anilines is 1. The number of benzene rings is 2. The fourth-order valence-corrected chi connectivity index (χ4v) is 1.99. The van der Waals surface area contributed by atoms with Crippen LogP contribution in [0.3, 0.4) is 0 Å². The topological polar surface area (TPSA) is 30.5 Å². The molecular weight excluding hydrogens is 257 g/mol. The Morgan fingerprint density at radius 3 is 2.55 bits per heavy atom. The van der Waals surface area contributed by atoms with Crippen LogP contribution in [0.1, 0.15) is 11.1 Å². The van der Waals surface area contributed by atoms with Crippen molar-refractivity contribution in [3.8, 4) is 11.5 Å². The monoisotopic (exact) mass is 275 g/mol. The third kappa shape index (κ3) is 3.02. The molecule has 0 amide bonds. The van der Waals surface area contributed by atoms with Crippen molar-refractivity contribution < 1.29 is 13.9 Å². The van der Waals surface area contributed by atoms with Crippen LogP contribution in [0, 0.1) is 12.7 Å². The van der Waals surface area contributed by atoms with Crippen molar-refractivity contribution in [3.05, 3.63) is 53.3 Å². The molecule has 0 fully saturated rings. The van der Waals surface area contributed by atoms with Gasteiger partial charge >= 0.3 is 0 Å². The van der Waals surface area contributed by atoms with Gasteiger partial charge in [0.1, 0.15) is 5.82 Å². The number of para-hydroxylation sites is 1. The summed E-state index contributed by atoms with van der Waals surface area (Å²) >= 11 is 0. The fraction of sp³-hybridized carbons (Fsp3) is 0.250. The highest BCUT2D eigenvalue weighted by Crippen LogP contribution is 2.31. The molecule has 2 aromatic carbocycles. The molecule has 20 heavy (non-hydrogen) atoms. The Balaban J connectivity index is 2.16. The van der Waals surface area contributed by atoms with Crippen LogP contribution in [-0.4, -0.2) is 14.2 Å². The first-order valence-corrected chi connectivity index (χ1v) is 6.35. The van der Waals surface area contributed by atoms with E-state index in [9.17, 15) is 4.39 Å². The number of methoxy groups -OCH3 is 2. The van der Waals surface area contributed by atoms with Gasteiger partial charge in [-0.1, -0.05) is 18.2 Å². The largest absolute Gasteiger partial charge is 0.493 e. The predicted molar refractivity (Wildman–Crippen MR) is 78.0 cm³/mol. The van der Waals surface area contributed by atoms with Gasteiger partial charge in [-0.3, -0.25) is 0 Å². The Bertz CT molecular complexity index is 599. The average Bonchev–Trinajstić information content (AvgIpc) is 2.47. The maximum absolute atomic E-state index is 13.5. The number of hydrogen-bond acceptors (Lipinski definition) is 3. The van der Waals surface area contributed by atoms with Gasteiger partial charge in [0, 0.05) is 17.8 Å². The Morgan fingerprint density at radius 2 is 1.90 bits per heavy atom. The van der Waals surface area contributed by atoms with E-state index in [-0.39, 0.29) is 5.82 Å². The van der Waals surface area contributed by atoms with Crippen molar-refractivity contribution in [2.75, 3.05) is 19.5 Å². The standard InChI is InChI=1S/C16H18FNO2/c1-11-7-8-13(9-14(11)17)18-10-12-5-4-6-15(19-2)16(12)20-3/h4-9,18H,10H2,1-3H3. The fourth-order valence-electron chi connectivity index (χ4n) is 1.99. The minimum Gasteiger partial charge on any atom is -0.493 e. The number of rotatable bonds is 5. The zero-order valence-electron chi connectivity index (χ0n) is 11.9. The highest BCUT2D eigenvalue weighted by atomic mass is 19.1. The summed E-state index contributed by atoms with van der Waals surface area (Å²) in [5, 5.41) is 3.18. The van der Waals surface area contributed by atoms with Crippen LogP contribution in [0.4, 0.5) is 10.1 Å². The normalized spacial score (nSPS) is 10.2. The molecule has 0 unspecified atom stereocenters. The minimum absolute atomic E-state index is 0.215. The molecule has 1 N–H and O–H groups in total. The zero-order chi connectivity index (χ0) is 14.5. The van der Waals surface area contributed by atoms with Crippen molar-refractivity contribution in [2.24, 2.45) is 0 Å². The molecule has 0 aromatic heterocycles. The predicted octanol–water partition coefficient (Wildman–Crippen LogP) is 3.76. The van der Waals surface area contributed by atoms with Gasteiger partial charge in [-0.25, -0.2) is 4.39 Å². The summed E-state index contributed by atoms with van der Waals surface area (Å²) in [6.45, 7) is 2.27. The van der Waals surface area contributed by atoms with E-state index in [0.29, 0.717) is 23.6 Å². The first-order chi connectivity index (χ1) is 9.65. The molecule has 0 spiro atoms. The van der Waals surface area contributed by atoms with Crippen LogP contribution in [0.2, 0.25) is 0 Å². The maximum atomic E-state index is 13.5. The average molecular weight is 275 g/mol. The van der Waals surface area contributed by atoms with Gasteiger partial charge in [0.25, 0.3) is 0 Å². The third-order valence-corrected chi connectivity index (χ3v) is 3.14. The van der Waals surface area contributed by atoms with Crippen molar-refractivity contribution in [1.29, 1.82) is 0 Å². The van der Waals surface area contributed by atoms with E-state index in [2.05, 4.69) is 5.32 Å². The van der Waals surface area contributed by atoms with Crippen LogP contribution >= 0.6 is 0 Å². The van der Waals surface area contributed by atoms with Gasteiger partial charge in [0.15, 0.2) is 11.5 Å². The number of ether oxygens (including phenoxy) is 2. The molecule has 0 aliphatic heterocycles. The highest BCUT2D eigenvalue weighted by molar-refractivity contribution is 5.50. The first kappa shape index (κ1) is 14.2. The van der Waals surface area contributed by atoms with Crippen molar-refractivity contribution in [3.63, 3.8) is 0 Å². The second-order valence-electron chi connectivity index (χ2n) is 4.47. The molecule has 0 radical (unpaired) electrons. The quantitative estimate of drug-likeness (QED) is 0.901. The van der Waals surface area contributed by atoms with Gasteiger partial charge in [0.2, 0.25) is 0 Å². The van der Waals surface area contributed by atoms with E-state index in [1.165, 1.54) is 6.07 Å². The summed E-state index contributed by atoms with van der Waals surface area (Å²) < 4.78 is 24.1. The Hall–Kier alpha value is -2.23. The van der Waals surface area contributed by atoms with E-state index >= 15 is 0 Å². The molecule has 0 bridgehead atoms. The lowest BCUT2D eigenvalue weighted by atomic mass is 10.1. The Labute approximate surface area is 118 Å². The van der Waals surface area contributed by atoms with E-state index in [0.717, 1.165) is 11.3 Å². The molecule has 0 aliphatic carbocycles. The molecule has 0 atom stereocenters. The molecule has 0 aliphatic rings. The van der Waals surface area contributed by atoms with Crippen molar-refractivity contribution in [2.45, 2.75) is 13.5 Å². The molecule has 0 saturated heterocycles. The van der Waals surface area contributed by atoms with Gasteiger partial charge in [0.05, 0.1) is 14.2 Å². The summed E-state index contributed by atoms with van der Waals surface area (Å²) in [4.78, 5) is 0. The summed E-state index contributed by atoms with van der Waals surface area (Å²) in [6.07, 6.45) is 0. The van der Waals surface area contributed by atoms with Gasteiger partial charge in [-0.15, -0.1) is 0 Å². The van der Waals surface area contributed by atoms with Crippen LogP contribution in [0.25, 0.3) is 0 Å². The minimum atomic E-state index is -0.215. The number of hydrogen-bond donors (Lipinski definition) is 1. The van der Waals surface area contributed by atoms with E-state index in [1.807, 2.05) is 24.3 Å². The van der Waals surface area contributed by atoms with Crippen molar-refractivity contribution >= 4 is 5.69 Å². The summed E-state index contributed by atoms with van der Waals surface area (Å²) in [6, 6.07) is 10.8. The smallest absolute Gasteiger partial charge is 0.165 e. The number of aryl methyl sites for hydroxylation is 1. The Kier molecular flexibility index (Phi) is 4.45. The molecule has 0 saturated carbocycles. The Morgan fingerprint density at radius 1 is 1.10 bits per heavy atom. The molecule has 0 heterocycles. The molecule has 2 aromatic rings. The maximum Gasteiger partial charge on any atom is 0.165 e. The molecule has 106 valence electrons. The molecule has 3 nitrogen and oxygen atoms in total. The second-order valence-corrected chi connectivity index (χ2v) is 4.47. The lowest BCUT2D eigenvalue weighted by Gasteiger charge is -2.14. The van der Waals surface area contributed by atoms with Gasteiger partial charge in [-0.2, -0.15) is 0 Å². The van der Waals surface area contributed by atoms with Gasteiger partial charge in [-0.05, 0) is 30.7 Å². The highest BCUT2D eigenvalue weighted by Gasteiger charge is 2.09. The SMILES string of the molecule is COc1cccc(CNc2ccc(C)c(F)c2)c1OC. The molecule has 4 heteroatoms. The van der Waals surface area contributed by atoms with Crippen LogP contribution in [0.15, 0.2) is 36.4 Å². The van der Waals surface area contributed by atoms with Crippen LogP contribution < -0.4 is 14.8 Å². The lowest BCUT2D eigenvalue weighted by Crippen LogP contribution is -2.03. The number of halogens is 1. The van der Waals surface area contributed by atoms with Crippen molar-refractivity contribution in [1.82, 2.24) is 0 Å². The van der Waals surface area contributed by atoms with Crippen LogP contribution in [-0.2, 0) is 6.54 Å². The second kappa shape index (κ2) is 6.28. The lowest BCUT2D eigenvalue weighted by molar-refractivity contribution is 0.352. The summed E-state index contributed by atoms with van der Waals surface area (Å²) in [5.41, 5.74) is 2.32. The van der Waals surface area contributed by atoms with E-state index in [1.54, 1.807) is 27.2 Å². The zero-order valence-corrected chi connectivity index (χ0v) is 11.9. The third-order valence-electron chi connectivity index (χ3n) is 3.14. The van der Waals surface area contributed by atoms with E-state index in [4.69, 9.17) is 9.47 Å². The summed E-state index contributed by atoms with van der Waals surface area (Å²) in [7, 11) is 3.21. The first-order valence-electron chi connectivity index (χ1n) is 6.35. The van der Waals surface area contributed by atoms with E-state index < -0.39 is 0 Å². The van der Waals surface area contributed by atoms with Gasteiger partial charge < -0.3 is 14.8 Å². The molecule has 2 rings (SSSR count). The molecular formula is C16H18FNO2.